The molecule has 5 heteroatoms. The van der Waals surface area contributed by atoms with Crippen LogP contribution in [0.25, 0.3) is 0 Å². The van der Waals surface area contributed by atoms with Gasteiger partial charge in [-0.15, -0.1) is 0 Å². The number of hydrogen-bond donors (Lipinski definition) is 1. The van der Waals surface area contributed by atoms with Gasteiger partial charge in [-0.2, -0.15) is 9.97 Å². The first-order valence-corrected chi connectivity index (χ1v) is 7.46. The molecule has 5 nitrogen and oxygen atoms in total. The van der Waals surface area contributed by atoms with Crippen molar-refractivity contribution in [2.24, 2.45) is 0 Å². The van der Waals surface area contributed by atoms with Gasteiger partial charge in [0.1, 0.15) is 11.6 Å². The Morgan fingerprint density at radius 1 is 0.947 bits per heavy atom. The maximum Gasteiger partial charge on any atom is 0.223 e. The normalized spacial score (nSPS) is 34.2. The Morgan fingerprint density at radius 3 is 2.42 bits per heavy atom. The van der Waals surface area contributed by atoms with Crippen LogP contribution in [0.5, 0.6) is 0 Å². The van der Waals surface area contributed by atoms with Crippen molar-refractivity contribution in [3.63, 3.8) is 0 Å². The third-order valence-corrected chi connectivity index (χ3v) is 4.85. The minimum Gasteiger partial charge on any atom is -0.374 e. The second-order valence-corrected chi connectivity index (χ2v) is 6.11. The summed E-state index contributed by atoms with van der Waals surface area (Å²) in [5, 5.41) is 0. The molecule has 1 aromatic rings. The Bertz CT molecular complexity index is 486. The molecule has 0 spiro atoms. The van der Waals surface area contributed by atoms with Gasteiger partial charge in [0.2, 0.25) is 5.95 Å². The predicted molar refractivity (Wildman–Crippen MR) is 70.7 cm³/mol. The van der Waals surface area contributed by atoms with Gasteiger partial charge in [0, 0.05) is 11.8 Å². The van der Waals surface area contributed by atoms with Crippen molar-refractivity contribution in [1.29, 1.82) is 0 Å². The summed E-state index contributed by atoms with van der Waals surface area (Å²) in [5.41, 5.74) is 5.89. The number of fused-ring (bicyclic) bond motifs is 2. The van der Waals surface area contributed by atoms with Crippen LogP contribution >= 0.6 is 0 Å². The number of rotatable bonds is 2. The first-order chi connectivity index (χ1) is 9.29. The average Bonchev–Trinajstić information content (AvgIpc) is 3.15. The standard InChI is InChI=1S/C14H20N4O/c15-14-17-12(8-3-1-2-4-8)16-13(18-14)10-7-9-5-6-11(10)19-9/h8-11H,1-7H2,(H2,15,16,17,18). The molecule has 0 radical (unpaired) electrons. The molecule has 19 heavy (non-hydrogen) atoms. The first-order valence-electron chi connectivity index (χ1n) is 7.46. The molecule has 0 aromatic carbocycles. The van der Waals surface area contributed by atoms with Crippen LogP contribution < -0.4 is 5.73 Å². The second kappa shape index (κ2) is 4.40. The van der Waals surface area contributed by atoms with Crippen molar-refractivity contribution in [2.45, 2.75) is 69.0 Å². The van der Waals surface area contributed by atoms with Crippen LogP contribution in [-0.2, 0) is 4.74 Å². The zero-order chi connectivity index (χ0) is 12.8. The number of aromatic nitrogens is 3. The average molecular weight is 260 g/mol. The highest BCUT2D eigenvalue weighted by Crippen LogP contribution is 2.43. The van der Waals surface area contributed by atoms with E-state index in [4.69, 9.17) is 15.5 Å². The minimum absolute atomic E-state index is 0.309. The van der Waals surface area contributed by atoms with Gasteiger partial charge in [-0.25, -0.2) is 4.98 Å². The molecule has 1 aromatic heterocycles. The number of hydrogen-bond acceptors (Lipinski definition) is 5. The Balaban J connectivity index is 1.64. The monoisotopic (exact) mass is 260 g/mol. The number of anilines is 1. The van der Waals surface area contributed by atoms with E-state index in [9.17, 15) is 0 Å². The molecule has 1 aliphatic carbocycles. The predicted octanol–water partition coefficient (Wildman–Crippen LogP) is 2.15. The van der Waals surface area contributed by atoms with Crippen molar-refractivity contribution in [1.82, 2.24) is 15.0 Å². The van der Waals surface area contributed by atoms with E-state index in [1.54, 1.807) is 0 Å². The molecule has 3 aliphatic rings. The molecular weight excluding hydrogens is 240 g/mol. The van der Waals surface area contributed by atoms with Gasteiger partial charge >= 0.3 is 0 Å². The summed E-state index contributed by atoms with van der Waals surface area (Å²) in [6.07, 6.45) is 9.05. The molecule has 2 bridgehead atoms. The molecule has 4 rings (SSSR count). The summed E-state index contributed by atoms with van der Waals surface area (Å²) in [6.45, 7) is 0. The fraction of sp³-hybridized carbons (Fsp3) is 0.786. The van der Waals surface area contributed by atoms with E-state index in [1.807, 2.05) is 0 Å². The third-order valence-electron chi connectivity index (χ3n) is 4.85. The van der Waals surface area contributed by atoms with Crippen molar-refractivity contribution in [3.8, 4) is 0 Å². The molecule has 102 valence electrons. The molecule has 2 aliphatic heterocycles. The molecule has 2 N–H and O–H groups in total. The van der Waals surface area contributed by atoms with E-state index < -0.39 is 0 Å². The van der Waals surface area contributed by atoms with Gasteiger partial charge < -0.3 is 10.5 Å². The molecule has 3 unspecified atom stereocenters. The molecule has 3 fully saturated rings. The van der Waals surface area contributed by atoms with Gasteiger partial charge in [0.05, 0.1) is 12.2 Å². The maximum atomic E-state index is 5.90. The van der Waals surface area contributed by atoms with Crippen molar-refractivity contribution in [3.05, 3.63) is 11.6 Å². The number of nitrogens with zero attached hydrogens (tertiary/aromatic N) is 3. The lowest BCUT2D eigenvalue weighted by atomic mass is 9.88. The van der Waals surface area contributed by atoms with E-state index in [0.29, 0.717) is 30.0 Å². The largest absolute Gasteiger partial charge is 0.374 e. The van der Waals surface area contributed by atoms with E-state index >= 15 is 0 Å². The number of nitrogens with two attached hydrogens (primary N) is 1. The Labute approximate surface area is 113 Å². The zero-order valence-electron chi connectivity index (χ0n) is 11.1. The SMILES string of the molecule is Nc1nc(C2CCCC2)nc(C2CC3CCC2O3)n1. The van der Waals surface area contributed by atoms with Gasteiger partial charge in [-0.3, -0.25) is 0 Å². The van der Waals surface area contributed by atoms with Crippen molar-refractivity contribution in [2.75, 3.05) is 5.73 Å². The van der Waals surface area contributed by atoms with Crippen LogP contribution in [0.1, 0.15) is 68.4 Å². The number of nitrogen functional groups attached to an aromatic ring is 1. The summed E-state index contributed by atoms with van der Waals surface area (Å²) >= 11 is 0. The zero-order valence-corrected chi connectivity index (χ0v) is 11.1. The first kappa shape index (κ1) is 11.6. The summed E-state index contributed by atoms with van der Waals surface area (Å²) in [7, 11) is 0. The van der Waals surface area contributed by atoms with Crippen molar-refractivity contribution < 1.29 is 4.74 Å². The van der Waals surface area contributed by atoms with E-state index in [2.05, 4.69) is 9.97 Å². The summed E-state index contributed by atoms with van der Waals surface area (Å²) in [5.74, 6) is 3.01. The maximum absolute atomic E-state index is 5.90. The fourth-order valence-corrected chi connectivity index (χ4v) is 3.87. The summed E-state index contributed by atoms with van der Waals surface area (Å²) < 4.78 is 5.90. The molecule has 1 saturated carbocycles. The van der Waals surface area contributed by atoms with Crippen LogP contribution in [0.4, 0.5) is 5.95 Å². The van der Waals surface area contributed by atoms with E-state index in [1.165, 1.54) is 32.1 Å². The van der Waals surface area contributed by atoms with Gasteiger partial charge in [0.25, 0.3) is 0 Å². The van der Waals surface area contributed by atoms with Gasteiger partial charge in [0.15, 0.2) is 0 Å². The second-order valence-electron chi connectivity index (χ2n) is 6.11. The van der Waals surface area contributed by atoms with Crippen LogP contribution in [0.15, 0.2) is 0 Å². The van der Waals surface area contributed by atoms with E-state index in [-0.39, 0.29) is 0 Å². The minimum atomic E-state index is 0.309. The van der Waals surface area contributed by atoms with E-state index in [0.717, 1.165) is 24.5 Å². The molecule has 3 atom stereocenters. The van der Waals surface area contributed by atoms with Gasteiger partial charge in [-0.1, -0.05) is 12.8 Å². The third kappa shape index (κ3) is 2.00. The lowest BCUT2D eigenvalue weighted by Gasteiger charge is -2.18. The van der Waals surface area contributed by atoms with Crippen molar-refractivity contribution >= 4 is 5.95 Å². The molecular formula is C14H20N4O. The Kier molecular flexibility index (Phi) is 2.69. The lowest BCUT2D eigenvalue weighted by molar-refractivity contribution is 0.0998. The van der Waals surface area contributed by atoms with Gasteiger partial charge in [-0.05, 0) is 32.1 Å². The lowest BCUT2D eigenvalue weighted by Crippen LogP contribution is -2.20. The topological polar surface area (TPSA) is 73.9 Å². The molecule has 0 amide bonds. The Hall–Kier alpha value is -1.23. The van der Waals surface area contributed by atoms with Crippen LogP contribution in [0, 0.1) is 0 Å². The highest BCUT2D eigenvalue weighted by atomic mass is 16.5. The van der Waals surface area contributed by atoms with Crippen LogP contribution in [-0.4, -0.2) is 27.2 Å². The highest BCUT2D eigenvalue weighted by molar-refractivity contribution is 5.21. The summed E-state index contributed by atoms with van der Waals surface area (Å²) in [4.78, 5) is 13.5. The molecule has 3 heterocycles. The Morgan fingerprint density at radius 2 is 1.74 bits per heavy atom. The molecule has 2 saturated heterocycles. The quantitative estimate of drug-likeness (QED) is 0.882. The smallest absolute Gasteiger partial charge is 0.223 e. The van der Waals surface area contributed by atoms with Crippen LogP contribution in [0.3, 0.4) is 0 Å². The summed E-state index contributed by atoms with van der Waals surface area (Å²) in [6, 6.07) is 0. The number of ether oxygens (including phenoxy) is 1. The fourth-order valence-electron chi connectivity index (χ4n) is 3.87. The van der Waals surface area contributed by atoms with Crippen LogP contribution in [0.2, 0.25) is 0 Å². The highest BCUT2D eigenvalue weighted by Gasteiger charge is 2.43.